The molecule has 0 spiro atoms. The molecular weight excluding hydrogens is 380 g/mol. The lowest BCUT2D eigenvalue weighted by Crippen LogP contribution is -2.03. The van der Waals surface area contributed by atoms with E-state index in [2.05, 4.69) is 15.3 Å². The third kappa shape index (κ3) is 3.56. The number of anilines is 2. The maximum absolute atomic E-state index is 11.7. The highest BCUT2D eigenvalue weighted by molar-refractivity contribution is 6.33. The van der Waals surface area contributed by atoms with Gasteiger partial charge in [0.1, 0.15) is 12.1 Å². The Labute approximate surface area is 164 Å². The normalized spacial score (nSPS) is 10.6. The van der Waals surface area contributed by atoms with E-state index in [1.807, 2.05) is 30.3 Å². The standard InChI is InChI=1S/C20H13ClN4O3/c21-16-7-3-4-8-17(16)24-19-18(25(26)27)20(23-12-22-19)28-15-10-9-13-5-1-2-6-14(13)11-15/h1-12H,(H,22,23,24). The Kier molecular flexibility index (Phi) is 4.74. The zero-order valence-corrected chi connectivity index (χ0v) is 15.1. The molecule has 28 heavy (non-hydrogen) atoms. The Bertz CT molecular complexity index is 1180. The molecule has 7 nitrogen and oxygen atoms in total. The van der Waals surface area contributed by atoms with E-state index in [1.165, 1.54) is 6.33 Å². The molecule has 0 bridgehead atoms. The molecule has 1 aromatic heterocycles. The number of nitro groups is 1. The molecule has 0 unspecified atom stereocenters. The van der Waals surface area contributed by atoms with Crippen LogP contribution in [-0.4, -0.2) is 14.9 Å². The minimum atomic E-state index is -0.588. The molecule has 0 aliphatic heterocycles. The first-order valence-electron chi connectivity index (χ1n) is 8.29. The van der Waals surface area contributed by atoms with Crippen molar-refractivity contribution in [2.24, 2.45) is 0 Å². The van der Waals surface area contributed by atoms with Gasteiger partial charge in [-0.15, -0.1) is 0 Å². The van der Waals surface area contributed by atoms with Crippen molar-refractivity contribution < 1.29 is 9.66 Å². The van der Waals surface area contributed by atoms with Crippen molar-refractivity contribution in [2.45, 2.75) is 0 Å². The van der Waals surface area contributed by atoms with Crippen molar-refractivity contribution in [3.8, 4) is 11.6 Å². The molecule has 0 amide bonds. The van der Waals surface area contributed by atoms with E-state index in [0.29, 0.717) is 16.5 Å². The zero-order valence-electron chi connectivity index (χ0n) is 14.4. The second kappa shape index (κ2) is 7.50. The number of hydrogen-bond acceptors (Lipinski definition) is 6. The molecular formula is C20H13ClN4O3. The van der Waals surface area contributed by atoms with Crippen molar-refractivity contribution in [1.82, 2.24) is 9.97 Å². The first kappa shape index (κ1) is 17.7. The minimum Gasteiger partial charge on any atom is -0.434 e. The molecule has 3 aromatic carbocycles. The van der Waals surface area contributed by atoms with Crippen LogP contribution in [-0.2, 0) is 0 Å². The van der Waals surface area contributed by atoms with Crippen molar-refractivity contribution >= 4 is 39.6 Å². The van der Waals surface area contributed by atoms with Crippen LogP contribution < -0.4 is 10.1 Å². The number of benzene rings is 3. The zero-order chi connectivity index (χ0) is 19.5. The first-order valence-corrected chi connectivity index (χ1v) is 8.67. The van der Waals surface area contributed by atoms with E-state index in [4.69, 9.17) is 16.3 Å². The molecule has 1 N–H and O–H groups in total. The number of hydrogen-bond donors (Lipinski definition) is 1. The number of fused-ring (bicyclic) bond motifs is 1. The van der Waals surface area contributed by atoms with Crippen LogP contribution in [0.25, 0.3) is 10.8 Å². The fraction of sp³-hybridized carbons (Fsp3) is 0. The van der Waals surface area contributed by atoms with E-state index in [0.717, 1.165) is 10.8 Å². The number of ether oxygens (including phenoxy) is 1. The SMILES string of the molecule is O=[N+]([O-])c1c(Nc2ccccc2Cl)ncnc1Oc1ccc2ccccc2c1. The number of aromatic nitrogens is 2. The molecule has 0 aliphatic carbocycles. The monoisotopic (exact) mass is 392 g/mol. The van der Waals surface area contributed by atoms with Crippen molar-refractivity contribution in [3.05, 3.63) is 88.2 Å². The van der Waals surface area contributed by atoms with Crippen LogP contribution >= 0.6 is 11.6 Å². The Morgan fingerprint density at radius 2 is 1.71 bits per heavy atom. The van der Waals surface area contributed by atoms with E-state index in [1.54, 1.807) is 36.4 Å². The van der Waals surface area contributed by atoms with Gasteiger partial charge in [-0.2, -0.15) is 4.98 Å². The Balaban J connectivity index is 1.72. The molecule has 0 fully saturated rings. The number of para-hydroxylation sites is 1. The summed E-state index contributed by atoms with van der Waals surface area (Å²) in [7, 11) is 0. The first-order chi connectivity index (χ1) is 13.6. The molecule has 0 atom stereocenters. The summed E-state index contributed by atoms with van der Waals surface area (Å²) >= 11 is 6.12. The average molecular weight is 393 g/mol. The number of nitrogens with one attached hydrogen (secondary N) is 1. The van der Waals surface area contributed by atoms with Crippen molar-refractivity contribution in [1.29, 1.82) is 0 Å². The van der Waals surface area contributed by atoms with Gasteiger partial charge in [0.2, 0.25) is 5.82 Å². The van der Waals surface area contributed by atoms with Gasteiger partial charge in [-0.25, -0.2) is 4.98 Å². The second-order valence-corrected chi connectivity index (χ2v) is 6.26. The summed E-state index contributed by atoms with van der Waals surface area (Å²) in [5, 5.41) is 17.0. The lowest BCUT2D eigenvalue weighted by Gasteiger charge is -2.10. The van der Waals surface area contributed by atoms with Gasteiger partial charge >= 0.3 is 11.6 Å². The Morgan fingerprint density at radius 1 is 0.964 bits per heavy atom. The number of halogens is 1. The van der Waals surface area contributed by atoms with Crippen LogP contribution in [0.2, 0.25) is 5.02 Å². The average Bonchev–Trinajstić information content (AvgIpc) is 2.69. The summed E-state index contributed by atoms with van der Waals surface area (Å²) in [5.41, 5.74) is 0.109. The van der Waals surface area contributed by atoms with Crippen molar-refractivity contribution in [3.63, 3.8) is 0 Å². The summed E-state index contributed by atoms with van der Waals surface area (Å²) in [6.45, 7) is 0. The van der Waals surface area contributed by atoms with E-state index < -0.39 is 4.92 Å². The molecule has 0 saturated heterocycles. The van der Waals surface area contributed by atoms with Crippen LogP contribution in [0.5, 0.6) is 11.6 Å². The molecule has 0 saturated carbocycles. The van der Waals surface area contributed by atoms with Gasteiger partial charge in [0.25, 0.3) is 0 Å². The summed E-state index contributed by atoms with van der Waals surface area (Å²) < 4.78 is 5.72. The van der Waals surface area contributed by atoms with Crippen LogP contribution in [0.4, 0.5) is 17.2 Å². The molecule has 0 radical (unpaired) electrons. The summed E-state index contributed by atoms with van der Waals surface area (Å²) in [4.78, 5) is 19.0. The van der Waals surface area contributed by atoms with Crippen LogP contribution in [0, 0.1) is 10.1 Å². The lowest BCUT2D eigenvalue weighted by molar-refractivity contribution is -0.385. The highest BCUT2D eigenvalue weighted by Crippen LogP contribution is 2.37. The van der Waals surface area contributed by atoms with Gasteiger partial charge in [0, 0.05) is 0 Å². The largest absolute Gasteiger partial charge is 0.434 e. The third-order valence-electron chi connectivity index (χ3n) is 4.03. The van der Waals surface area contributed by atoms with Gasteiger partial charge in [0.05, 0.1) is 15.6 Å². The van der Waals surface area contributed by atoms with Gasteiger partial charge in [0.15, 0.2) is 0 Å². The molecule has 0 aliphatic rings. The van der Waals surface area contributed by atoms with Crippen LogP contribution in [0.3, 0.4) is 0 Å². The van der Waals surface area contributed by atoms with E-state index in [9.17, 15) is 10.1 Å². The molecule has 1 heterocycles. The number of rotatable bonds is 5. The van der Waals surface area contributed by atoms with E-state index in [-0.39, 0.29) is 17.4 Å². The van der Waals surface area contributed by atoms with Gasteiger partial charge in [-0.1, -0.05) is 54.1 Å². The second-order valence-electron chi connectivity index (χ2n) is 5.85. The number of nitrogens with zero attached hydrogens (tertiary/aromatic N) is 3. The summed E-state index contributed by atoms with van der Waals surface area (Å²) in [6.07, 6.45) is 1.20. The van der Waals surface area contributed by atoms with Gasteiger partial charge < -0.3 is 10.1 Å². The lowest BCUT2D eigenvalue weighted by atomic mass is 10.1. The highest BCUT2D eigenvalue weighted by atomic mass is 35.5. The molecule has 4 aromatic rings. The summed E-state index contributed by atoms with van der Waals surface area (Å²) in [5.74, 6) is 0.262. The fourth-order valence-corrected chi connectivity index (χ4v) is 2.91. The summed E-state index contributed by atoms with van der Waals surface area (Å²) in [6, 6.07) is 20.0. The smallest absolute Gasteiger partial charge is 0.373 e. The molecule has 4 rings (SSSR count). The predicted molar refractivity (Wildman–Crippen MR) is 107 cm³/mol. The Morgan fingerprint density at radius 3 is 2.50 bits per heavy atom. The van der Waals surface area contributed by atoms with Crippen LogP contribution in [0.1, 0.15) is 0 Å². The predicted octanol–water partition coefficient (Wildman–Crippen LogP) is 5.73. The van der Waals surface area contributed by atoms with E-state index >= 15 is 0 Å². The maximum Gasteiger partial charge on any atom is 0.373 e. The maximum atomic E-state index is 11.7. The molecule has 8 heteroatoms. The quantitative estimate of drug-likeness (QED) is 0.344. The van der Waals surface area contributed by atoms with Gasteiger partial charge in [-0.05, 0) is 35.0 Å². The molecule has 138 valence electrons. The van der Waals surface area contributed by atoms with Crippen LogP contribution in [0.15, 0.2) is 73.1 Å². The third-order valence-corrected chi connectivity index (χ3v) is 4.36. The Hall–Kier alpha value is -3.71. The van der Waals surface area contributed by atoms with Gasteiger partial charge in [-0.3, -0.25) is 10.1 Å². The minimum absolute atomic E-state index is 0.0103. The van der Waals surface area contributed by atoms with Crippen molar-refractivity contribution in [2.75, 3.05) is 5.32 Å². The fourth-order valence-electron chi connectivity index (χ4n) is 2.73. The topological polar surface area (TPSA) is 90.2 Å². The highest BCUT2D eigenvalue weighted by Gasteiger charge is 2.25.